The number of likely N-dealkylation sites (tertiary alicyclic amines) is 1. The summed E-state index contributed by atoms with van der Waals surface area (Å²) in [5, 5.41) is 9.52. The van der Waals surface area contributed by atoms with Gasteiger partial charge in [0, 0.05) is 19.0 Å². The Bertz CT molecular complexity index is 305. The van der Waals surface area contributed by atoms with Gasteiger partial charge in [0.05, 0.1) is 17.0 Å². The lowest BCUT2D eigenvalue weighted by Crippen LogP contribution is -2.43. The van der Waals surface area contributed by atoms with Crippen molar-refractivity contribution in [1.82, 2.24) is 4.90 Å². The van der Waals surface area contributed by atoms with Crippen molar-refractivity contribution < 1.29 is 9.90 Å². The molecule has 17 heavy (non-hydrogen) atoms. The van der Waals surface area contributed by atoms with E-state index in [-0.39, 0.29) is 34.8 Å². The fourth-order valence-corrected chi connectivity index (χ4v) is 2.69. The maximum absolute atomic E-state index is 12.3. The second-order valence-corrected chi connectivity index (χ2v) is 5.67. The molecule has 1 aliphatic rings. The predicted molar refractivity (Wildman–Crippen MR) is 71.5 cm³/mol. The molecule has 1 heterocycles. The number of nitrogens with zero attached hydrogens (tertiary/aromatic N) is 1. The van der Waals surface area contributed by atoms with Crippen LogP contribution in [0.1, 0.15) is 27.2 Å². The Labute approximate surface area is 108 Å². The zero-order valence-corrected chi connectivity index (χ0v) is 11.5. The molecule has 1 aliphatic heterocycles. The summed E-state index contributed by atoms with van der Waals surface area (Å²) < 4.78 is 0. The van der Waals surface area contributed by atoms with E-state index in [1.165, 1.54) is 0 Å². The van der Waals surface area contributed by atoms with Crippen molar-refractivity contribution >= 4 is 23.1 Å². The quantitative estimate of drug-likeness (QED) is 0.731. The summed E-state index contributed by atoms with van der Waals surface area (Å²) in [6, 6.07) is 0. The highest BCUT2D eigenvalue weighted by Gasteiger charge is 2.34. The van der Waals surface area contributed by atoms with Crippen LogP contribution in [0.4, 0.5) is 0 Å². The summed E-state index contributed by atoms with van der Waals surface area (Å²) >= 11 is 4.97. The van der Waals surface area contributed by atoms with Crippen LogP contribution < -0.4 is 5.73 Å². The van der Waals surface area contributed by atoms with Crippen LogP contribution in [-0.2, 0) is 4.79 Å². The van der Waals surface area contributed by atoms with Crippen molar-refractivity contribution in [2.24, 2.45) is 23.5 Å². The van der Waals surface area contributed by atoms with E-state index < -0.39 is 0 Å². The van der Waals surface area contributed by atoms with Gasteiger partial charge in [-0.05, 0) is 19.3 Å². The molecule has 5 heteroatoms. The highest BCUT2D eigenvalue weighted by atomic mass is 32.1. The third-order valence-corrected chi connectivity index (χ3v) is 3.71. The molecule has 0 bridgehead atoms. The number of nitrogens with two attached hydrogens (primary N) is 1. The zero-order chi connectivity index (χ0) is 13.2. The molecular formula is C12H22N2O2S. The van der Waals surface area contributed by atoms with E-state index in [1.54, 1.807) is 11.8 Å². The molecule has 98 valence electrons. The Morgan fingerprint density at radius 3 is 2.41 bits per heavy atom. The number of aliphatic hydroxyl groups is 1. The number of carbonyl (C=O) groups excluding carboxylic acids is 1. The molecule has 1 amide bonds. The second kappa shape index (κ2) is 5.78. The van der Waals surface area contributed by atoms with Crippen molar-refractivity contribution in [3.63, 3.8) is 0 Å². The summed E-state index contributed by atoms with van der Waals surface area (Å²) in [5.41, 5.74) is 5.64. The molecule has 3 unspecified atom stereocenters. The van der Waals surface area contributed by atoms with Gasteiger partial charge in [0.1, 0.15) is 0 Å². The second-order valence-electron chi connectivity index (χ2n) is 5.20. The lowest BCUT2D eigenvalue weighted by atomic mass is 9.94. The highest BCUT2D eigenvalue weighted by molar-refractivity contribution is 7.80. The Hall–Kier alpha value is -0.680. The fourth-order valence-electron chi connectivity index (χ4n) is 2.31. The lowest BCUT2D eigenvalue weighted by molar-refractivity contribution is -0.133. The average molecular weight is 258 g/mol. The number of hydrogen-bond acceptors (Lipinski definition) is 3. The van der Waals surface area contributed by atoms with Crippen LogP contribution in [-0.4, -0.2) is 40.1 Å². The van der Waals surface area contributed by atoms with Gasteiger partial charge < -0.3 is 15.7 Å². The van der Waals surface area contributed by atoms with Crippen molar-refractivity contribution in [1.29, 1.82) is 0 Å². The molecule has 4 nitrogen and oxygen atoms in total. The molecule has 1 fully saturated rings. The standard InChI is InChI=1S/C12H22N2O2S/c1-7(2)10(11(13)17)12(16)14-5-4-9(6-14)8(3)15/h7-10,15H,4-6H2,1-3H3,(H2,13,17). The first-order valence-electron chi connectivity index (χ1n) is 6.10. The number of hydrogen-bond donors (Lipinski definition) is 2. The first kappa shape index (κ1) is 14.4. The maximum Gasteiger partial charge on any atom is 0.232 e. The molecule has 0 aromatic carbocycles. The predicted octanol–water partition coefficient (Wildman–Crippen LogP) is 0.774. The Balaban J connectivity index is 2.68. The molecule has 3 N–H and O–H groups in total. The van der Waals surface area contributed by atoms with Crippen molar-refractivity contribution in [3.05, 3.63) is 0 Å². The van der Waals surface area contributed by atoms with Gasteiger partial charge in [0.2, 0.25) is 5.91 Å². The summed E-state index contributed by atoms with van der Waals surface area (Å²) in [5.74, 6) is -0.0721. The topological polar surface area (TPSA) is 66.6 Å². The van der Waals surface area contributed by atoms with E-state index >= 15 is 0 Å². The molecule has 0 aromatic heterocycles. The first-order valence-corrected chi connectivity index (χ1v) is 6.51. The zero-order valence-electron chi connectivity index (χ0n) is 10.7. The molecule has 0 aliphatic carbocycles. The number of aliphatic hydroxyl groups excluding tert-OH is 1. The summed E-state index contributed by atoms with van der Waals surface area (Å²) in [6.07, 6.45) is 0.487. The molecule has 0 radical (unpaired) electrons. The van der Waals surface area contributed by atoms with Gasteiger partial charge in [-0.25, -0.2) is 0 Å². The first-order chi connectivity index (χ1) is 7.84. The van der Waals surface area contributed by atoms with E-state index in [0.29, 0.717) is 13.1 Å². The minimum absolute atomic E-state index is 0.00986. The van der Waals surface area contributed by atoms with E-state index in [2.05, 4.69) is 0 Å². The van der Waals surface area contributed by atoms with Gasteiger partial charge in [-0.15, -0.1) is 0 Å². The molecule has 1 rings (SSSR count). The number of carbonyl (C=O) groups is 1. The van der Waals surface area contributed by atoms with E-state index in [1.807, 2.05) is 13.8 Å². The number of amides is 1. The molecular weight excluding hydrogens is 236 g/mol. The van der Waals surface area contributed by atoms with Crippen LogP contribution in [0.3, 0.4) is 0 Å². The van der Waals surface area contributed by atoms with Gasteiger partial charge in [-0.3, -0.25) is 4.79 Å². The molecule has 0 spiro atoms. The van der Waals surface area contributed by atoms with E-state index in [4.69, 9.17) is 18.0 Å². The van der Waals surface area contributed by atoms with Gasteiger partial charge in [0.15, 0.2) is 0 Å². The molecule has 1 saturated heterocycles. The van der Waals surface area contributed by atoms with Crippen LogP contribution >= 0.6 is 12.2 Å². The highest BCUT2D eigenvalue weighted by Crippen LogP contribution is 2.23. The largest absolute Gasteiger partial charge is 0.393 e. The number of thiocarbonyl (C=S) groups is 1. The van der Waals surface area contributed by atoms with Crippen LogP contribution in [0.5, 0.6) is 0 Å². The van der Waals surface area contributed by atoms with Crippen LogP contribution in [0.2, 0.25) is 0 Å². The third-order valence-electron chi connectivity index (χ3n) is 3.46. The van der Waals surface area contributed by atoms with Crippen LogP contribution in [0.15, 0.2) is 0 Å². The van der Waals surface area contributed by atoms with Crippen molar-refractivity contribution in [3.8, 4) is 0 Å². The monoisotopic (exact) mass is 258 g/mol. The van der Waals surface area contributed by atoms with E-state index in [9.17, 15) is 9.90 Å². The summed E-state index contributed by atoms with van der Waals surface area (Å²) in [4.78, 5) is 14.3. The molecule has 0 aromatic rings. The summed E-state index contributed by atoms with van der Waals surface area (Å²) in [7, 11) is 0. The summed E-state index contributed by atoms with van der Waals surface area (Å²) in [6.45, 7) is 6.97. The van der Waals surface area contributed by atoms with Gasteiger partial charge in [-0.2, -0.15) is 0 Å². The average Bonchev–Trinajstić information content (AvgIpc) is 2.64. The minimum atomic E-state index is -0.377. The van der Waals surface area contributed by atoms with Crippen molar-refractivity contribution in [2.45, 2.75) is 33.3 Å². The van der Waals surface area contributed by atoms with Crippen LogP contribution in [0, 0.1) is 17.8 Å². The van der Waals surface area contributed by atoms with Gasteiger partial charge in [0.25, 0.3) is 0 Å². The molecule has 3 atom stereocenters. The minimum Gasteiger partial charge on any atom is -0.393 e. The Morgan fingerprint density at radius 2 is 2.06 bits per heavy atom. The SMILES string of the molecule is CC(C)C(C(=O)N1CCC(C(C)O)C1)C(N)=S. The van der Waals surface area contributed by atoms with E-state index in [0.717, 1.165) is 6.42 Å². The third kappa shape index (κ3) is 3.39. The van der Waals surface area contributed by atoms with Crippen molar-refractivity contribution in [2.75, 3.05) is 13.1 Å². The molecule has 0 saturated carbocycles. The number of rotatable bonds is 4. The normalized spacial score (nSPS) is 23.8. The smallest absolute Gasteiger partial charge is 0.232 e. The Morgan fingerprint density at radius 1 is 1.47 bits per heavy atom. The fraction of sp³-hybridized carbons (Fsp3) is 0.833. The lowest BCUT2D eigenvalue weighted by Gasteiger charge is -2.25. The maximum atomic E-state index is 12.3. The Kier molecular flexibility index (Phi) is 4.89. The van der Waals surface area contributed by atoms with Crippen LogP contribution in [0.25, 0.3) is 0 Å². The van der Waals surface area contributed by atoms with Gasteiger partial charge in [-0.1, -0.05) is 26.1 Å². The van der Waals surface area contributed by atoms with Gasteiger partial charge >= 0.3 is 0 Å².